The molecule has 1 aliphatic heterocycles. The number of hydrogen-bond acceptors (Lipinski definition) is 4. The Morgan fingerprint density at radius 1 is 1.33 bits per heavy atom. The maximum Gasteiger partial charge on any atom is 0.128 e. The maximum atomic E-state index is 5.81. The van der Waals surface area contributed by atoms with E-state index in [0.29, 0.717) is 6.04 Å². The molecule has 4 nitrogen and oxygen atoms in total. The molecule has 0 amide bonds. The summed E-state index contributed by atoms with van der Waals surface area (Å²) in [6, 6.07) is 4.74. The first-order valence-electron chi connectivity index (χ1n) is 6.86. The molecule has 1 aliphatic rings. The fourth-order valence-electron chi connectivity index (χ4n) is 2.58. The molecule has 0 radical (unpaired) electrons. The highest BCUT2D eigenvalue weighted by atomic mass is 15.3. The topological polar surface area (TPSA) is 45.4 Å². The summed E-state index contributed by atoms with van der Waals surface area (Å²) >= 11 is 0. The molecule has 0 aliphatic carbocycles. The van der Waals surface area contributed by atoms with E-state index in [9.17, 15) is 0 Å². The summed E-state index contributed by atoms with van der Waals surface area (Å²) in [4.78, 5) is 9.33. The molecule has 2 rings (SSSR count). The highest BCUT2D eigenvalue weighted by Crippen LogP contribution is 2.16. The average molecular weight is 248 g/mol. The fraction of sp³-hybridized carbons (Fsp3) is 0.643. The van der Waals surface area contributed by atoms with Crippen molar-refractivity contribution in [1.82, 2.24) is 9.88 Å². The molecular weight excluding hydrogens is 224 g/mol. The Kier molecular flexibility index (Phi) is 4.55. The van der Waals surface area contributed by atoms with Gasteiger partial charge >= 0.3 is 0 Å². The number of nitrogens with zero attached hydrogens (tertiary/aromatic N) is 3. The van der Waals surface area contributed by atoms with Crippen LogP contribution in [0.5, 0.6) is 0 Å². The van der Waals surface area contributed by atoms with E-state index >= 15 is 0 Å². The van der Waals surface area contributed by atoms with E-state index in [1.807, 2.05) is 12.3 Å². The van der Waals surface area contributed by atoms with Crippen LogP contribution in [0.2, 0.25) is 0 Å². The minimum atomic E-state index is 0.539. The van der Waals surface area contributed by atoms with E-state index in [0.717, 1.165) is 45.0 Å². The van der Waals surface area contributed by atoms with Crippen LogP contribution in [0.25, 0.3) is 0 Å². The minimum absolute atomic E-state index is 0.539. The molecule has 0 bridgehead atoms. The maximum absolute atomic E-state index is 5.81. The molecule has 1 aromatic heterocycles. The SMILES string of the molecule is CCC(CN)N1CCN(c2cc(C)ccn2)CC1. The van der Waals surface area contributed by atoms with E-state index < -0.39 is 0 Å². The molecule has 1 fully saturated rings. The number of hydrogen-bond donors (Lipinski definition) is 1. The van der Waals surface area contributed by atoms with E-state index in [-0.39, 0.29) is 0 Å². The Labute approximate surface area is 110 Å². The van der Waals surface area contributed by atoms with Gasteiger partial charge in [0.05, 0.1) is 0 Å². The van der Waals surface area contributed by atoms with Crippen LogP contribution in [0.4, 0.5) is 5.82 Å². The van der Waals surface area contributed by atoms with Gasteiger partial charge < -0.3 is 10.6 Å². The van der Waals surface area contributed by atoms with Gasteiger partial charge in [0.2, 0.25) is 0 Å². The summed E-state index contributed by atoms with van der Waals surface area (Å²) in [7, 11) is 0. The minimum Gasteiger partial charge on any atom is -0.354 e. The lowest BCUT2D eigenvalue weighted by atomic mass is 10.1. The first-order valence-corrected chi connectivity index (χ1v) is 6.86. The summed E-state index contributed by atoms with van der Waals surface area (Å²) in [5.74, 6) is 1.11. The third-order valence-corrected chi connectivity index (χ3v) is 3.80. The molecule has 1 saturated heterocycles. The van der Waals surface area contributed by atoms with E-state index in [4.69, 9.17) is 5.73 Å². The molecule has 2 N–H and O–H groups in total. The van der Waals surface area contributed by atoms with Crippen LogP contribution in [-0.4, -0.2) is 48.6 Å². The van der Waals surface area contributed by atoms with Gasteiger partial charge in [-0.05, 0) is 31.0 Å². The highest BCUT2D eigenvalue weighted by Gasteiger charge is 2.22. The molecule has 0 aromatic carbocycles. The van der Waals surface area contributed by atoms with Crippen LogP contribution in [0.1, 0.15) is 18.9 Å². The van der Waals surface area contributed by atoms with E-state index in [2.05, 4.69) is 34.7 Å². The van der Waals surface area contributed by atoms with Crippen molar-refractivity contribution >= 4 is 5.82 Å². The molecule has 100 valence electrons. The van der Waals surface area contributed by atoms with E-state index in [1.54, 1.807) is 0 Å². The predicted octanol–water partition coefficient (Wildman–Crippen LogP) is 1.25. The number of aryl methyl sites for hydroxylation is 1. The summed E-state index contributed by atoms with van der Waals surface area (Å²) in [6.45, 7) is 9.37. The van der Waals surface area contributed by atoms with Gasteiger partial charge in [-0.25, -0.2) is 4.98 Å². The van der Waals surface area contributed by atoms with Crippen molar-refractivity contribution in [1.29, 1.82) is 0 Å². The van der Waals surface area contributed by atoms with Crippen LogP contribution in [-0.2, 0) is 0 Å². The zero-order chi connectivity index (χ0) is 13.0. The van der Waals surface area contributed by atoms with Gasteiger partial charge in [0, 0.05) is 45.0 Å². The van der Waals surface area contributed by atoms with Crippen molar-refractivity contribution in [2.24, 2.45) is 5.73 Å². The Morgan fingerprint density at radius 3 is 2.61 bits per heavy atom. The molecule has 0 spiro atoms. The van der Waals surface area contributed by atoms with Crippen molar-refractivity contribution < 1.29 is 0 Å². The first kappa shape index (κ1) is 13.3. The third-order valence-electron chi connectivity index (χ3n) is 3.80. The predicted molar refractivity (Wildman–Crippen MR) is 75.9 cm³/mol. The molecule has 4 heteroatoms. The van der Waals surface area contributed by atoms with Crippen molar-refractivity contribution in [3.63, 3.8) is 0 Å². The number of pyridine rings is 1. The normalized spacial score (nSPS) is 18.9. The summed E-state index contributed by atoms with van der Waals surface area (Å²) in [5.41, 5.74) is 7.09. The largest absolute Gasteiger partial charge is 0.354 e. The van der Waals surface area contributed by atoms with Crippen LogP contribution in [0, 0.1) is 6.92 Å². The van der Waals surface area contributed by atoms with Crippen LogP contribution >= 0.6 is 0 Å². The zero-order valence-corrected chi connectivity index (χ0v) is 11.5. The number of rotatable bonds is 4. The second kappa shape index (κ2) is 6.16. The van der Waals surface area contributed by atoms with Crippen molar-refractivity contribution in [2.45, 2.75) is 26.3 Å². The monoisotopic (exact) mass is 248 g/mol. The van der Waals surface area contributed by atoms with Crippen molar-refractivity contribution in [3.8, 4) is 0 Å². The Bertz CT molecular complexity index is 368. The van der Waals surface area contributed by atoms with Crippen LogP contribution in [0.15, 0.2) is 18.3 Å². The first-order chi connectivity index (χ1) is 8.74. The molecule has 1 unspecified atom stereocenters. The molecular formula is C14H24N4. The second-order valence-electron chi connectivity index (χ2n) is 5.01. The van der Waals surface area contributed by atoms with Gasteiger partial charge in [-0.15, -0.1) is 0 Å². The smallest absolute Gasteiger partial charge is 0.128 e. The fourth-order valence-corrected chi connectivity index (χ4v) is 2.58. The van der Waals surface area contributed by atoms with Crippen LogP contribution in [0.3, 0.4) is 0 Å². The second-order valence-corrected chi connectivity index (χ2v) is 5.01. The number of aromatic nitrogens is 1. The lowest BCUT2D eigenvalue weighted by Crippen LogP contribution is -2.52. The quantitative estimate of drug-likeness (QED) is 0.871. The third kappa shape index (κ3) is 3.00. The van der Waals surface area contributed by atoms with Gasteiger partial charge in [0.25, 0.3) is 0 Å². The number of anilines is 1. The zero-order valence-electron chi connectivity index (χ0n) is 11.5. The number of nitrogens with two attached hydrogens (primary N) is 1. The lowest BCUT2D eigenvalue weighted by Gasteiger charge is -2.39. The Morgan fingerprint density at radius 2 is 2.06 bits per heavy atom. The lowest BCUT2D eigenvalue weighted by molar-refractivity contribution is 0.184. The Balaban J connectivity index is 1.94. The van der Waals surface area contributed by atoms with Gasteiger partial charge in [0.1, 0.15) is 5.82 Å². The summed E-state index contributed by atoms with van der Waals surface area (Å²) < 4.78 is 0. The van der Waals surface area contributed by atoms with Crippen molar-refractivity contribution in [3.05, 3.63) is 23.9 Å². The van der Waals surface area contributed by atoms with Crippen molar-refractivity contribution in [2.75, 3.05) is 37.6 Å². The Hall–Kier alpha value is -1.13. The molecule has 2 heterocycles. The molecule has 1 aromatic rings. The van der Waals surface area contributed by atoms with E-state index in [1.165, 1.54) is 5.56 Å². The highest BCUT2D eigenvalue weighted by molar-refractivity contribution is 5.41. The molecule has 0 saturated carbocycles. The van der Waals surface area contributed by atoms with Gasteiger partial charge in [-0.1, -0.05) is 6.92 Å². The van der Waals surface area contributed by atoms with Gasteiger partial charge in [0.15, 0.2) is 0 Å². The standard InChI is InChI=1S/C14H24N4/c1-3-13(11-15)17-6-8-18(9-7-17)14-10-12(2)4-5-16-14/h4-5,10,13H,3,6-9,11,15H2,1-2H3. The van der Waals surface area contributed by atoms with Gasteiger partial charge in [-0.2, -0.15) is 0 Å². The molecule has 1 atom stereocenters. The average Bonchev–Trinajstić information content (AvgIpc) is 2.41. The summed E-state index contributed by atoms with van der Waals surface area (Å²) in [5, 5.41) is 0. The van der Waals surface area contributed by atoms with Crippen LogP contribution < -0.4 is 10.6 Å². The number of piperazine rings is 1. The summed E-state index contributed by atoms with van der Waals surface area (Å²) in [6.07, 6.45) is 3.03. The van der Waals surface area contributed by atoms with Gasteiger partial charge in [-0.3, -0.25) is 4.90 Å². The molecule has 18 heavy (non-hydrogen) atoms.